The highest BCUT2D eigenvalue weighted by Gasteiger charge is 2.20. The number of amides is 1. The van der Waals surface area contributed by atoms with E-state index in [0.717, 1.165) is 43.7 Å². The Morgan fingerprint density at radius 2 is 0.932 bits per heavy atom. The molecule has 5 aromatic carbocycles. The van der Waals surface area contributed by atoms with Gasteiger partial charge in [0.25, 0.3) is 5.91 Å². The molecular formula is C54H74N4O. The fourth-order valence-corrected chi connectivity index (χ4v) is 7.83. The molecule has 0 spiro atoms. The topological polar surface area (TPSA) is 38.8 Å². The maximum atomic E-state index is 13.7. The molecular weight excluding hydrogens is 721 g/mol. The lowest BCUT2D eigenvalue weighted by Crippen LogP contribution is -2.44. The molecule has 5 heteroatoms. The largest absolute Gasteiger partial charge is 0.333 e. The van der Waals surface area contributed by atoms with Crippen molar-refractivity contribution in [1.82, 2.24) is 20.0 Å². The third-order valence-electron chi connectivity index (χ3n) is 11.2. The second kappa shape index (κ2) is 25.2. The first-order valence-corrected chi connectivity index (χ1v) is 22.4. The van der Waals surface area contributed by atoms with E-state index in [4.69, 9.17) is 0 Å². The monoisotopic (exact) mass is 795 g/mol. The van der Waals surface area contributed by atoms with Gasteiger partial charge in [-0.3, -0.25) is 14.6 Å². The van der Waals surface area contributed by atoms with Crippen LogP contribution in [0.4, 0.5) is 0 Å². The van der Waals surface area contributed by atoms with Gasteiger partial charge < -0.3 is 10.2 Å². The van der Waals surface area contributed by atoms with Crippen molar-refractivity contribution in [3.8, 4) is 22.3 Å². The summed E-state index contributed by atoms with van der Waals surface area (Å²) in [5.41, 5.74) is 9.54. The molecule has 0 saturated carbocycles. The molecule has 0 heterocycles. The summed E-state index contributed by atoms with van der Waals surface area (Å²) < 4.78 is 0. The first kappa shape index (κ1) is 47.1. The molecule has 1 N–H and O–H groups in total. The highest BCUT2D eigenvalue weighted by Crippen LogP contribution is 2.22. The van der Waals surface area contributed by atoms with Crippen molar-refractivity contribution in [1.29, 1.82) is 0 Å². The minimum atomic E-state index is 0.106. The number of unbranched alkanes of at least 4 members (excludes halogenated alkanes) is 2. The number of hydrogen-bond acceptors (Lipinski definition) is 4. The third kappa shape index (κ3) is 15.9. The Morgan fingerprint density at radius 3 is 1.41 bits per heavy atom. The summed E-state index contributed by atoms with van der Waals surface area (Å²) >= 11 is 0. The van der Waals surface area contributed by atoms with Crippen LogP contribution in [-0.4, -0.2) is 71.0 Å². The molecule has 5 nitrogen and oxygen atoms in total. The first-order valence-electron chi connectivity index (χ1n) is 22.4. The van der Waals surface area contributed by atoms with Crippen LogP contribution in [-0.2, 0) is 19.5 Å². The average molecular weight is 795 g/mol. The maximum Gasteiger partial charge on any atom is 0.254 e. The Kier molecular flexibility index (Phi) is 20.1. The summed E-state index contributed by atoms with van der Waals surface area (Å²) in [5, 5.41) is 3.56. The number of nitrogens with zero attached hydrogens (tertiary/aromatic N) is 3. The van der Waals surface area contributed by atoms with Gasteiger partial charge in [0.05, 0.1) is 0 Å². The molecule has 5 aromatic rings. The highest BCUT2D eigenvalue weighted by atomic mass is 16.2. The summed E-state index contributed by atoms with van der Waals surface area (Å²) in [5.74, 6) is 0.106. The van der Waals surface area contributed by atoms with Crippen molar-refractivity contribution < 1.29 is 4.79 Å². The summed E-state index contributed by atoms with van der Waals surface area (Å²) in [7, 11) is 0. The fraction of sp³-hybridized carbons (Fsp3) is 0.426. The van der Waals surface area contributed by atoms with Crippen LogP contribution in [0.5, 0.6) is 0 Å². The number of hydrogen-bond donors (Lipinski definition) is 1. The quantitative estimate of drug-likeness (QED) is 0.0751. The van der Waals surface area contributed by atoms with Gasteiger partial charge in [0.15, 0.2) is 0 Å². The Bertz CT molecular complexity index is 1850. The standard InChI is InChI=1S/C33H44N2O.C21H30N2/c1-6-7-9-12-28-15-21-32(22-16-28)33(36)34(23-24-35(26(2)3)27(4)5)25-29-17-19-31(20-18-29)30-13-10-8-11-14-30;1-17(2)23(18(3)4)15-14-22-16-19-10-12-21(13-11-19)20-8-6-5-7-9-20/h8,10-11,13-22,26-27H,6-7,9,12,23-25H2,1-5H3;5-13,17-18,22H,14-16H2,1-4H3. The molecule has 1 amide bonds. The lowest BCUT2D eigenvalue weighted by Gasteiger charge is -2.33. The molecule has 0 atom stereocenters. The molecule has 0 fully saturated rings. The molecule has 0 radical (unpaired) electrons. The van der Waals surface area contributed by atoms with Crippen molar-refractivity contribution >= 4 is 5.91 Å². The van der Waals surface area contributed by atoms with Crippen LogP contribution in [0.2, 0.25) is 0 Å². The van der Waals surface area contributed by atoms with Crippen LogP contribution in [0.15, 0.2) is 133 Å². The summed E-state index contributed by atoms with van der Waals surface area (Å²) in [6.45, 7) is 25.4. The molecule has 0 aliphatic rings. The Morgan fingerprint density at radius 1 is 0.492 bits per heavy atom. The maximum absolute atomic E-state index is 13.7. The number of carbonyl (C=O) groups excluding carboxylic acids is 1. The van der Waals surface area contributed by atoms with Crippen molar-refractivity contribution in [2.45, 2.75) is 125 Å². The van der Waals surface area contributed by atoms with Gasteiger partial charge in [0, 0.05) is 69.0 Å². The van der Waals surface area contributed by atoms with Crippen LogP contribution in [0.25, 0.3) is 22.3 Å². The van der Waals surface area contributed by atoms with E-state index in [1.807, 2.05) is 23.1 Å². The van der Waals surface area contributed by atoms with Gasteiger partial charge >= 0.3 is 0 Å². The van der Waals surface area contributed by atoms with Gasteiger partial charge in [-0.15, -0.1) is 0 Å². The van der Waals surface area contributed by atoms with Crippen molar-refractivity contribution in [2.75, 3.05) is 26.2 Å². The van der Waals surface area contributed by atoms with Crippen LogP contribution in [0.3, 0.4) is 0 Å². The molecule has 0 aromatic heterocycles. The van der Waals surface area contributed by atoms with Gasteiger partial charge in [-0.1, -0.05) is 141 Å². The van der Waals surface area contributed by atoms with Crippen LogP contribution >= 0.6 is 0 Å². The summed E-state index contributed by atoms with van der Waals surface area (Å²) in [4.78, 5) is 20.7. The van der Waals surface area contributed by atoms with Gasteiger partial charge in [-0.05, 0) is 119 Å². The van der Waals surface area contributed by atoms with Gasteiger partial charge in [-0.2, -0.15) is 0 Å². The molecule has 0 aliphatic heterocycles. The minimum absolute atomic E-state index is 0.106. The van der Waals surface area contributed by atoms with E-state index >= 15 is 0 Å². The molecule has 0 bridgehead atoms. The number of aryl methyl sites for hydroxylation is 1. The number of carbonyl (C=O) groups is 1. The fourth-order valence-electron chi connectivity index (χ4n) is 7.83. The molecule has 0 unspecified atom stereocenters. The third-order valence-corrected chi connectivity index (χ3v) is 11.2. The van der Waals surface area contributed by atoms with Gasteiger partial charge in [0.2, 0.25) is 0 Å². The summed E-state index contributed by atoms with van der Waals surface area (Å²) in [6.07, 6.45) is 4.76. The Balaban J connectivity index is 0.000000288. The van der Waals surface area contributed by atoms with E-state index in [1.165, 1.54) is 52.6 Å². The van der Waals surface area contributed by atoms with Gasteiger partial charge in [-0.25, -0.2) is 0 Å². The van der Waals surface area contributed by atoms with Crippen LogP contribution in [0.1, 0.15) is 109 Å². The zero-order chi connectivity index (χ0) is 42.6. The summed E-state index contributed by atoms with van der Waals surface area (Å²) in [6, 6.07) is 48.8. The van der Waals surface area contributed by atoms with E-state index in [-0.39, 0.29) is 5.91 Å². The van der Waals surface area contributed by atoms with Gasteiger partial charge in [0.1, 0.15) is 0 Å². The smallest absolute Gasteiger partial charge is 0.254 e. The second-order valence-corrected chi connectivity index (χ2v) is 17.0. The van der Waals surface area contributed by atoms with E-state index in [2.05, 4.69) is 193 Å². The predicted octanol–water partition coefficient (Wildman–Crippen LogP) is 12.4. The zero-order valence-electron chi connectivity index (χ0n) is 37.8. The lowest BCUT2D eigenvalue weighted by molar-refractivity contribution is 0.0693. The lowest BCUT2D eigenvalue weighted by atomic mass is 10.0. The van der Waals surface area contributed by atoms with Crippen LogP contribution < -0.4 is 5.32 Å². The van der Waals surface area contributed by atoms with E-state index in [1.54, 1.807) is 0 Å². The van der Waals surface area contributed by atoms with Crippen LogP contribution in [0, 0.1) is 0 Å². The normalized spacial score (nSPS) is 11.5. The molecule has 0 saturated heterocycles. The number of nitrogens with one attached hydrogen (secondary N) is 1. The van der Waals surface area contributed by atoms with Crippen molar-refractivity contribution in [3.05, 3.63) is 156 Å². The van der Waals surface area contributed by atoms with Crippen molar-refractivity contribution in [2.24, 2.45) is 0 Å². The Labute approximate surface area is 358 Å². The van der Waals surface area contributed by atoms with E-state index in [0.29, 0.717) is 37.3 Å². The second-order valence-electron chi connectivity index (χ2n) is 17.0. The molecule has 5 rings (SSSR count). The Hall–Kier alpha value is -4.55. The van der Waals surface area contributed by atoms with Crippen molar-refractivity contribution in [3.63, 3.8) is 0 Å². The molecule has 316 valence electrons. The number of benzene rings is 5. The first-order chi connectivity index (χ1) is 28.5. The average Bonchev–Trinajstić information content (AvgIpc) is 3.24. The SMILES string of the molecule is CC(C)N(CCNCc1ccc(-c2ccccc2)cc1)C(C)C.CCCCCc1ccc(C(=O)N(CCN(C(C)C)C(C)C)Cc2ccc(-c3ccccc3)cc2)cc1. The predicted molar refractivity (Wildman–Crippen MR) is 254 cm³/mol. The molecule has 0 aliphatic carbocycles. The zero-order valence-corrected chi connectivity index (χ0v) is 37.8. The number of rotatable bonds is 21. The highest BCUT2D eigenvalue weighted by molar-refractivity contribution is 5.94. The van der Waals surface area contributed by atoms with E-state index in [9.17, 15) is 4.79 Å². The molecule has 59 heavy (non-hydrogen) atoms. The van der Waals surface area contributed by atoms with E-state index < -0.39 is 0 Å². The minimum Gasteiger partial charge on any atom is -0.333 e.